The second kappa shape index (κ2) is 10.6. The molecule has 1 amide bonds. The molecule has 170 valence electrons. The van der Waals surface area contributed by atoms with E-state index in [2.05, 4.69) is 21.3 Å². The molecule has 32 heavy (non-hydrogen) atoms. The molecule has 9 nitrogen and oxygen atoms in total. The number of nitrogens with one attached hydrogen (secondary N) is 1. The third-order valence-corrected chi connectivity index (χ3v) is 5.42. The molecule has 1 aliphatic rings. The highest BCUT2D eigenvalue weighted by Crippen LogP contribution is 2.31. The van der Waals surface area contributed by atoms with E-state index in [1.165, 1.54) is 0 Å². The number of carbonyl (C=O) groups excluding carboxylic acids is 1. The number of carboxylic acids is 1. The van der Waals surface area contributed by atoms with Crippen LogP contribution in [0.4, 0.5) is 5.69 Å². The molecule has 1 saturated heterocycles. The van der Waals surface area contributed by atoms with Crippen LogP contribution in [0.15, 0.2) is 47.5 Å². The monoisotopic (exact) mass is 439 g/mol. The van der Waals surface area contributed by atoms with E-state index in [-0.39, 0.29) is 12.4 Å². The number of anilines is 1. The Hall–Kier alpha value is -3.59. The van der Waals surface area contributed by atoms with Crippen LogP contribution in [0.3, 0.4) is 0 Å². The average Bonchev–Trinajstić information content (AvgIpc) is 3.32. The Morgan fingerprint density at radius 1 is 1.19 bits per heavy atom. The fourth-order valence-corrected chi connectivity index (χ4v) is 3.69. The summed E-state index contributed by atoms with van der Waals surface area (Å²) < 4.78 is 5.52. The molecule has 0 unspecified atom stereocenters. The van der Waals surface area contributed by atoms with Crippen molar-refractivity contribution >= 4 is 23.5 Å². The molecule has 2 aromatic carbocycles. The Bertz CT molecular complexity index is 984. The Kier molecular flexibility index (Phi) is 7.67. The third kappa shape index (κ3) is 5.76. The van der Waals surface area contributed by atoms with E-state index in [1.807, 2.05) is 12.1 Å². The number of methoxy groups -OCH3 is 1. The van der Waals surface area contributed by atoms with Crippen molar-refractivity contribution in [3.63, 3.8) is 0 Å². The predicted molar refractivity (Wildman–Crippen MR) is 123 cm³/mol. The largest absolute Gasteiger partial charge is 0.496 e. The number of amides is 1. The first-order chi connectivity index (χ1) is 15.4. The number of nitrogens with two attached hydrogens (primary N) is 2. The number of aliphatic imine (C=N–C) groups is 1. The van der Waals surface area contributed by atoms with Crippen LogP contribution >= 0.6 is 0 Å². The number of guanidine groups is 1. The molecule has 0 aromatic heterocycles. The molecule has 1 heterocycles. The zero-order chi connectivity index (χ0) is 23.1. The summed E-state index contributed by atoms with van der Waals surface area (Å²) >= 11 is 0. The van der Waals surface area contributed by atoms with Crippen LogP contribution in [0, 0.1) is 0 Å². The summed E-state index contributed by atoms with van der Waals surface area (Å²) in [5.41, 5.74) is 14.6. The van der Waals surface area contributed by atoms with E-state index in [0.29, 0.717) is 12.1 Å². The first-order valence-electron chi connectivity index (χ1n) is 10.5. The smallest absolute Gasteiger partial charge is 0.320 e. The summed E-state index contributed by atoms with van der Waals surface area (Å²) in [4.78, 5) is 29.6. The van der Waals surface area contributed by atoms with Gasteiger partial charge in [0.05, 0.1) is 7.11 Å². The van der Waals surface area contributed by atoms with Gasteiger partial charge in [-0.3, -0.25) is 9.59 Å². The minimum absolute atomic E-state index is 0.00486. The Morgan fingerprint density at radius 2 is 1.88 bits per heavy atom. The molecule has 6 N–H and O–H groups in total. The number of carboxylic acid groups (broad SMARTS) is 1. The van der Waals surface area contributed by atoms with Gasteiger partial charge in [0.25, 0.3) is 5.91 Å². The van der Waals surface area contributed by atoms with Gasteiger partial charge in [0, 0.05) is 36.4 Å². The van der Waals surface area contributed by atoms with E-state index < -0.39 is 17.9 Å². The van der Waals surface area contributed by atoms with Crippen molar-refractivity contribution in [2.75, 3.05) is 25.1 Å². The van der Waals surface area contributed by atoms with Gasteiger partial charge in [0.2, 0.25) is 0 Å². The maximum absolute atomic E-state index is 12.4. The molecule has 9 heteroatoms. The minimum atomic E-state index is -1.07. The Balaban J connectivity index is 1.66. The van der Waals surface area contributed by atoms with E-state index in [1.54, 1.807) is 31.4 Å². The van der Waals surface area contributed by atoms with E-state index in [0.717, 1.165) is 48.5 Å². The standard InChI is InChI=1S/C23H29N5O4/c1-32-20-6-4-5-19(28-11-2-3-12-28)17(20)14-26-23(25)27-21(29)16-9-7-15(8-10-16)13-18(24)22(30)31/h4-10,18H,2-3,11-14,24H2,1H3,(H,30,31)(H3,25,26,27,29)/t18-/m0/s1. The zero-order valence-corrected chi connectivity index (χ0v) is 18.1. The number of aliphatic carboxylic acids is 1. The molecule has 1 aliphatic heterocycles. The van der Waals surface area contributed by atoms with Crippen molar-refractivity contribution in [2.45, 2.75) is 31.8 Å². The van der Waals surface area contributed by atoms with Crippen molar-refractivity contribution in [1.82, 2.24) is 5.32 Å². The highest BCUT2D eigenvalue weighted by Gasteiger charge is 2.18. The van der Waals surface area contributed by atoms with Crippen LogP contribution < -0.4 is 26.4 Å². The topological polar surface area (TPSA) is 143 Å². The number of hydrogen-bond acceptors (Lipinski definition) is 5. The van der Waals surface area contributed by atoms with Crippen molar-refractivity contribution in [2.24, 2.45) is 16.5 Å². The van der Waals surface area contributed by atoms with E-state index in [4.69, 9.17) is 21.3 Å². The molecule has 1 atom stereocenters. The Labute approximate surface area is 187 Å². The molecule has 0 bridgehead atoms. The number of carbonyl (C=O) groups is 2. The van der Waals surface area contributed by atoms with Gasteiger partial charge in [-0.15, -0.1) is 0 Å². The summed E-state index contributed by atoms with van der Waals surface area (Å²) in [6.07, 6.45) is 2.49. The molecule has 0 aliphatic carbocycles. The van der Waals surface area contributed by atoms with Crippen molar-refractivity contribution in [3.8, 4) is 5.75 Å². The number of nitrogens with zero attached hydrogens (tertiary/aromatic N) is 2. The molecular formula is C23H29N5O4. The number of rotatable bonds is 8. The van der Waals surface area contributed by atoms with E-state index >= 15 is 0 Å². The fraction of sp³-hybridized carbons (Fsp3) is 0.348. The number of ether oxygens (including phenoxy) is 1. The molecular weight excluding hydrogens is 410 g/mol. The molecule has 2 aromatic rings. The van der Waals surface area contributed by atoms with Gasteiger partial charge in [-0.25, -0.2) is 0 Å². The number of benzene rings is 2. The summed E-state index contributed by atoms with van der Waals surface area (Å²) in [5.74, 6) is -0.818. The average molecular weight is 440 g/mol. The SMILES string of the molecule is COc1cccc(N2CCCC2)c1CN/C(N)=N/C(=O)c1ccc(C[C@H](N)C(=O)O)cc1. The summed E-state index contributed by atoms with van der Waals surface area (Å²) in [5, 5.41) is 11.9. The van der Waals surface area contributed by atoms with Gasteiger partial charge in [-0.2, -0.15) is 4.99 Å². The van der Waals surface area contributed by atoms with Crippen molar-refractivity contribution < 1.29 is 19.4 Å². The van der Waals surface area contributed by atoms with Gasteiger partial charge < -0.3 is 31.5 Å². The molecule has 3 rings (SSSR count). The van der Waals surface area contributed by atoms with Gasteiger partial charge in [-0.1, -0.05) is 18.2 Å². The highest BCUT2D eigenvalue weighted by molar-refractivity contribution is 6.02. The van der Waals surface area contributed by atoms with Gasteiger partial charge >= 0.3 is 5.97 Å². The summed E-state index contributed by atoms with van der Waals surface area (Å²) in [7, 11) is 1.63. The lowest BCUT2D eigenvalue weighted by atomic mass is 10.0. The fourth-order valence-electron chi connectivity index (χ4n) is 3.69. The zero-order valence-electron chi connectivity index (χ0n) is 18.1. The van der Waals surface area contributed by atoms with Gasteiger partial charge in [0.1, 0.15) is 11.8 Å². The lowest BCUT2D eigenvalue weighted by Crippen LogP contribution is -2.33. The lowest BCUT2D eigenvalue weighted by molar-refractivity contribution is -0.138. The maximum atomic E-state index is 12.4. The van der Waals surface area contributed by atoms with Gasteiger partial charge in [0.15, 0.2) is 5.96 Å². The maximum Gasteiger partial charge on any atom is 0.320 e. The number of hydrogen-bond donors (Lipinski definition) is 4. The van der Waals surface area contributed by atoms with Gasteiger partial charge in [-0.05, 0) is 49.1 Å². The summed E-state index contributed by atoms with van der Waals surface area (Å²) in [6, 6.07) is 11.4. The van der Waals surface area contributed by atoms with Crippen LogP contribution in [-0.4, -0.2) is 49.2 Å². The summed E-state index contributed by atoms with van der Waals surface area (Å²) in [6.45, 7) is 2.36. The van der Waals surface area contributed by atoms with Crippen molar-refractivity contribution in [3.05, 3.63) is 59.2 Å². The normalized spacial score (nSPS) is 14.8. The van der Waals surface area contributed by atoms with Crippen LogP contribution in [0.5, 0.6) is 5.75 Å². The molecule has 1 fully saturated rings. The molecule has 0 spiro atoms. The van der Waals surface area contributed by atoms with Crippen molar-refractivity contribution in [1.29, 1.82) is 0 Å². The second-order valence-corrected chi connectivity index (χ2v) is 7.65. The third-order valence-electron chi connectivity index (χ3n) is 5.42. The van der Waals surface area contributed by atoms with Crippen LogP contribution in [0.2, 0.25) is 0 Å². The van der Waals surface area contributed by atoms with Crippen LogP contribution in [0.1, 0.15) is 34.3 Å². The predicted octanol–water partition coefficient (Wildman–Crippen LogP) is 1.49. The molecule has 0 saturated carbocycles. The first kappa shape index (κ1) is 23.1. The van der Waals surface area contributed by atoms with Crippen LogP contribution in [-0.2, 0) is 17.8 Å². The minimum Gasteiger partial charge on any atom is -0.496 e. The quantitative estimate of drug-likeness (QED) is 0.358. The highest BCUT2D eigenvalue weighted by atomic mass is 16.5. The second-order valence-electron chi connectivity index (χ2n) is 7.65. The first-order valence-corrected chi connectivity index (χ1v) is 10.5. The lowest BCUT2D eigenvalue weighted by Gasteiger charge is -2.23. The van der Waals surface area contributed by atoms with Crippen LogP contribution in [0.25, 0.3) is 0 Å². The molecule has 0 radical (unpaired) electrons. The van der Waals surface area contributed by atoms with E-state index in [9.17, 15) is 9.59 Å². The Morgan fingerprint density at radius 3 is 2.50 bits per heavy atom.